The molecule has 4 nitrogen and oxygen atoms in total. The molecule has 0 aromatic carbocycles. The molecule has 1 aromatic heterocycles. The van der Waals surface area contributed by atoms with Crippen LogP contribution in [0.1, 0.15) is 16.8 Å². The minimum atomic E-state index is -0.941. The van der Waals surface area contributed by atoms with Gasteiger partial charge in [0, 0.05) is 40.4 Å². The fraction of sp³-hybridized carbons (Fsp3) is 0.545. The van der Waals surface area contributed by atoms with Gasteiger partial charge >= 0.3 is 0 Å². The van der Waals surface area contributed by atoms with E-state index in [9.17, 15) is 4.21 Å². The number of nitrogens with two attached hydrogens (primary N) is 1. The SMILES string of the molecule is COc1c(C)cnc(CS(=O)CCN)c1C. The van der Waals surface area contributed by atoms with Crippen molar-refractivity contribution in [2.45, 2.75) is 19.6 Å². The molecule has 0 aliphatic heterocycles. The molecule has 0 saturated heterocycles. The first-order chi connectivity index (χ1) is 7.60. The van der Waals surface area contributed by atoms with Gasteiger partial charge in [-0.05, 0) is 13.8 Å². The minimum absolute atomic E-state index is 0.439. The van der Waals surface area contributed by atoms with Crippen LogP contribution in [0.15, 0.2) is 6.20 Å². The minimum Gasteiger partial charge on any atom is -0.496 e. The van der Waals surface area contributed by atoms with E-state index >= 15 is 0 Å². The van der Waals surface area contributed by atoms with E-state index in [2.05, 4.69) is 4.98 Å². The Bertz CT molecular complexity index is 394. The molecule has 1 unspecified atom stereocenters. The van der Waals surface area contributed by atoms with Crippen LogP contribution in [-0.4, -0.2) is 28.6 Å². The van der Waals surface area contributed by atoms with Crippen LogP contribution in [0, 0.1) is 13.8 Å². The lowest BCUT2D eigenvalue weighted by Gasteiger charge is -2.11. The number of hydrogen-bond acceptors (Lipinski definition) is 4. The van der Waals surface area contributed by atoms with Crippen LogP contribution in [0.5, 0.6) is 5.75 Å². The topological polar surface area (TPSA) is 65.2 Å². The maximum Gasteiger partial charge on any atom is 0.128 e. The van der Waals surface area contributed by atoms with E-state index < -0.39 is 10.8 Å². The quantitative estimate of drug-likeness (QED) is 0.833. The molecule has 0 amide bonds. The summed E-state index contributed by atoms with van der Waals surface area (Å²) in [6.07, 6.45) is 1.75. The van der Waals surface area contributed by atoms with Crippen LogP contribution in [0.4, 0.5) is 0 Å². The molecule has 0 spiro atoms. The van der Waals surface area contributed by atoms with Crippen molar-refractivity contribution in [3.05, 3.63) is 23.0 Å². The number of pyridine rings is 1. The summed E-state index contributed by atoms with van der Waals surface area (Å²) in [6.45, 7) is 4.32. The van der Waals surface area contributed by atoms with E-state index in [1.807, 2.05) is 13.8 Å². The van der Waals surface area contributed by atoms with E-state index in [1.54, 1.807) is 13.3 Å². The molecule has 0 aliphatic rings. The number of hydrogen-bond donors (Lipinski definition) is 1. The van der Waals surface area contributed by atoms with E-state index in [4.69, 9.17) is 10.5 Å². The zero-order chi connectivity index (χ0) is 12.1. The van der Waals surface area contributed by atoms with Crippen molar-refractivity contribution in [3.63, 3.8) is 0 Å². The van der Waals surface area contributed by atoms with Crippen LogP contribution >= 0.6 is 0 Å². The Labute approximate surface area is 98.7 Å². The van der Waals surface area contributed by atoms with Gasteiger partial charge in [0.15, 0.2) is 0 Å². The molecule has 0 saturated carbocycles. The van der Waals surface area contributed by atoms with Crippen LogP contribution in [0.2, 0.25) is 0 Å². The van der Waals surface area contributed by atoms with Gasteiger partial charge in [0.2, 0.25) is 0 Å². The maximum absolute atomic E-state index is 11.6. The van der Waals surface area contributed by atoms with Crippen molar-refractivity contribution in [1.82, 2.24) is 4.98 Å². The van der Waals surface area contributed by atoms with Gasteiger partial charge in [-0.15, -0.1) is 0 Å². The number of nitrogens with zero attached hydrogens (tertiary/aromatic N) is 1. The Morgan fingerprint density at radius 3 is 2.75 bits per heavy atom. The smallest absolute Gasteiger partial charge is 0.128 e. The summed E-state index contributed by atoms with van der Waals surface area (Å²) in [5.74, 6) is 1.78. The van der Waals surface area contributed by atoms with Crippen molar-refractivity contribution in [3.8, 4) is 5.75 Å². The molecule has 5 heteroatoms. The van der Waals surface area contributed by atoms with Crippen molar-refractivity contribution in [2.24, 2.45) is 5.73 Å². The first kappa shape index (κ1) is 13.1. The zero-order valence-electron chi connectivity index (χ0n) is 9.95. The number of aromatic nitrogens is 1. The highest BCUT2D eigenvalue weighted by molar-refractivity contribution is 7.84. The summed E-state index contributed by atoms with van der Waals surface area (Å²) < 4.78 is 16.9. The van der Waals surface area contributed by atoms with Gasteiger partial charge in [0.1, 0.15) is 5.75 Å². The lowest BCUT2D eigenvalue weighted by atomic mass is 10.1. The Morgan fingerprint density at radius 2 is 2.19 bits per heavy atom. The lowest BCUT2D eigenvalue weighted by molar-refractivity contribution is 0.407. The Morgan fingerprint density at radius 1 is 1.50 bits per heavy atom. The van der Waals surface area contributed by atoms with Gasteiger partial charge in [-0.1, -0.05) is 0 Å². The normalized spacial score (nSPS) is 12.5. The molecule has 1 heterocycles. The van der Waals surface area contributed by atoms with Gasteiger partial charge < -0.3 is 10.5 Å². The van der Waals surface area contributed by atoms with Crippen LogP contribution in [0.25, 0.3) is 0 Å². The fourth-order valence-corrected chi connectivity index (χ4v) is 2.58. The van der Waals surface area contributed by atoms with Crippen molar-refractivity contribution >= 4 is 10.8 Å². The van der Waals surface area contributed by atoms with Crippen LogP contribution < -0.4 is 10.5 Å². The van der Waals surface area contributed by atoms with E-state index in [0.29, 0.717) is 18.1 Å². The van der Waals surface area contributed by atoms with Crippen LogP contribution in [-0.2, 0) is 16.6 Å². The highest BCUT2D eigenvalue weighted by atomic mass is 32.2. The van der Waals surface area contributed by atoms with Crippen molar-refractivity contribution in [2.75, 3.05) is 19.4 Å². The van der Waals surface area contributed by atoms with Crippen molar-refractivity contribution in [1.29, 1.82) is 0 Å². The molecule has 90 valence electrons. The molecular formula is C11H18N2O2S. The number of rotatable bonds is 5. The summed E-state index contributed by atoms with van der Waals surface area (Å²) in [7, 11) is 0.694. The first-order valence-corrected chi connectivity index (χ1v) is 6.63. The summed E-state index contributed by atoms with van der Waals surface area (Å²) in [5.41, 5.74) is 8.15. The predicted octanol–water partition coefficient (Wildman–Crippen LogP) is 0.914. The summed E-state index contributed by atoms with van der Waals surface area (Å²) in [6, 6.07) is 0. The fourth-order valence-electron chi connectivity index (χ4n) is 1.57. The average Bonchev–Trinajstić information content (AvgIpc) is 2.23. The summed E-state index contributed by atoms with van der Waals surface area (Å²) in [4.78, 5) is 4.29. The van der Waals surface area contributed by atoms with Gasteiger partial charge in [-0.2, -0.15) is 0 Å². The second-order valence-electron chi connectivity index (χ2n) is 3.62. The maximum atomic E-state index is 11.6. The second-order valence-corrected chi connectivity index (χ2v) is 5.20. The second kappa shape index (κ2) is 5.96. The Hall–Kier alpha value is -0.940. The number of methoxy groups -OCH3 is 1. The third-order valence-electron chi connectivity index (χ3n) is 2.39. The van der Waals surface area contributed by atoms with E-state index in [-0.39, 0.29) is 0 Å². The Balaban J connectivity index is 2.93. The summed E-state index contributed by atoms with van der Waals surface area (Å²) >= 11 is 0. The molecule has 1 rings (SSSR count). The number of aryl methyl sites for hydroxylation is 1. The lowest BCUT2D eigenvalue weighted by Crippen LogP contribution is -2.13. The average molecular weight is 242 g/mol. The Kier molecular flexibility index (Phi) is 4.89. The van der Waals surface area contributed by atoms with E-state index in [0.717, 1.165) is 22.6 Å². The number of ether oxygens (including phenoxy) is 1. The summed E-state index contributed by atoms with van der Waals surface area (Å²) in [5, 5.41) is 0. The zero-order valence-corrected chi connectivity index (χ0v) is 10.8. The van der Waals surface area contributed by atoms with Gasteiger partial charge in [0.05, 0.1) is 18.6 Å². The van der Waals surface area contributed by atoms with Crippen LogP contribution in [0.3, 0.4) is 0 Å². The first-order valence-electron chi connectivity index (χ1n) is 5.14. The molecule has 1 atom stereocenters. The third kappa shape index (κ3) is 3.02. The highest BCUT2D eigenvalue weighted by Crippen LogP contribution is 2.24. The molecule has 16 heavy (non-hydrogen) atoms. The van der Waals surface area contributed by atoms with Crippen molar-refractivity contribution < 1.29 is 8.95 Å². The van der Waals surface area contributed by atoms with E-state index in [1.165, 1.54) is 0 Å². The highest BCUT2D eigenvalue weighted by Gasteiger charge is 2.11. The molecular weight excluding hydrogens is 224 g/mol. The molecule has 0 fully saturated rings. The largest absolute Gasteiger partial charge is 0.496 e. The molecule has 0 aliphatic carbocycles. The van der Waals surface area contributed by atoms with Gasteiger partial charge in [-0.3, -0.25) is 9.19 Å². The molecule has 1 aromatic rings. The predicted molar refractivity (Wildman–Crippen MR) is 66.0 cm³/mol. The molecule has 0 radical (unpaired) electrons. The van der Waals surface area contributed by atoms with Gasteiger partial charge in [-0.25, -0.2) is 0 Å². The third-order valence-corrected chi connectivity index (χ3v) is 3.68. The molecule has 0 bridgehead atoms. The standard InChI is InChI=1S/C11H18N2O2S/c1-8-6-13-10(7-16(14)5-4-12)9(2)11(8)15-3/h6H,4-5,7,12H2,1-3H3. The monoisotopic (exact) mass is 242 g/mol. The molecule has 2 N–H and O–H groups in total. The van der Waals surface area contributed by atoms with Gasteiger partial charge in [0.25, 0.3) is 0 Å².